The lowest BCUT2D eigenvalue weighted by molar-refractivity contribution is 0.359. The lowest BCUT2D eigenvalue weighted by Crippen LogP contribution is -2.13. The molecule has 0 aliphatic heterocycles. The zero-order valence-corrected chi connectivity index (χ0v) is 16.1. The van der Waals surface area contributed by atoms with Crippen molar-refractivity contribution in [3.05, 3.63) is 53.4 Å². The van der Waals surface area contributed by atoms with E-state index in [2.05, 4.69) is 15.1 Å². The normalized spacial score (nSPS) is 12.0. The monoisotopic (exact) mass is 374 g/mol. The van der Waals surface area contributed by atoms with E-state index in [9.17, 15) is 8.42 Å². The van der Waals surface area contributed by atoms with Crippen molar-refractivity contribution in [2.75, 3.05) is 0 Å². The van der Waals surface area contributed by atoms with Crippen LogP contribution in [-0.2, 0) is 22.0 Å². The number of imidazole rings is 1. The maximum atomic E-state index is 12.9. The Morgan fingerprint density at radius 2 is 2.00 bits per heavy atom. The predicted molar refractivity (Wildman–Crippen MR) is 96.8 cm³/mol. The average Bonchev–Trinajstić information content (AvgIpc) is 3.18. The molecule has 0 atom stereocenters. The Kier molecular flexibility index (Phi) is 4.95. The Morgan fingerprint density at radius 1 is 1.23 bits per heavy atom. The Labute approximate surface area is 153 Å². The summed E-state index contributed by atoms with van der Waals surface area (Å²) in [5, 5.41) is 3.77. The van der Waals surface area contributed by atoms with Crippen LogP contribution >= 0.6 is 0 Å². The number of benzene rings is 1. The van der Waals surface area contributed by atoms with Gasteiger partial charge in [-0.05, 0) is 37.0 Å². The molecule has 26 heavy (non-hydrogen) atoms. The lowest BCUT2D eigenvalue weighted by Gasteiger charge is -2.11. The van der Waals surface area contributed by atoms with Crippen molar-refractivity contribution >= 4 is 9.84 Å². The first-order valence-corrected chi connectivity index (χ1v) is 10.1. The fourth-order valence-corrected chi connectivity index (χ4v) is 3.96. The number of hydrogen-bond donors (Lipinski definition) is 0. The SMILES string of the molecule is Cc1ccc(C)c(-n2ccnc2S(=O)(=O)Cc2noc(CC(C)C)n2)c1. The molecule has 0 N–H and O–H groups in total. The second-order valence-corrected chi connectivity index (χ2v) is 8.71. The first kappa shape index (κ1) is 18.3. The van der Waals surface area contributed by atoms with Crippen LogP contribution in [-0.4, -0.2) is 28.1 Å². The molecule has 0 radical (unpaired) electrons. The molecule has 3 aromatic rings. The van der Waals surface area contributed by atoms with Crippen LogP contribution in [0.5, 0.6) is 0 Å². The largest absolute Gasteiger partial charge is 0.339 e. The average molecular weight is 374 g/mol. The summed E-state index contributed by atoms with van der Waals surface area (Å²) < 4.78 is 32.5. The second-order valence-electron chi connectivity index (χ2n) is 6.83. The van der Waals surface area contributed by atoms with Gasteiger partial charge in [0, 0.05) is 18.8 Å². The Bertz CT molecular complexity index is 1020. The smallest absolute Gasteiger partial charge is 0.232 e. The van der Waals surface area contributed by atoms with Crippen LogP contribution in [0.2, 0.25) is 0 Å². The third-order valence-corrected chi connectivity index (χ3v) is 5.42. The van der Waals surface area contributed by atoms with Gasteiger partial charge in [-0.25, -0.2) is 13.4 Å². The minimum absolute atomic E-state index is 0.0265. The molecular formula is C18H22N4O3S. The van der Waals surface area contributed by atoms with Crippen molar-refractivity contribution in [1.29, 1.82) is 0 Å². The van der Waals surface area contributed by atoms with Crippen molar-refractivity contribution in [1.82, 2.24) is 19.7 Å². The molecule has 0 amide bonds. The lowest BCUT2D eigenvalue weighted by atomic mass is 10.1. The first-order chi connectivity index (χ1) is 12.3. The molecular weight excluding hydrogens is 352 g/mol. The van der Waals surface area contributed by atoms with Gasteiger partial charge in [0.2, 0.25) is 20.9 Å². The molecule has 8 heteroatoms. The highest BCUT2D eigenvalue weighted by Crippen LogP contribution is 2.22. The van der Waals surface area contributed by atoms with Gasteiger partial charge in [0.25, 0.3) is 0 Å². The van der Waals surface area contributed by atoms with Crippen LogP contribution in [0.25, 0.3) is 5.69 Å². The third-order valence-electron chi connectivity index (χ3n) is 3.92. The number of nitrogens with zero attached hydrogens (tertiary/aromatic N) is 4. The van der Waals surface area contributed by atoms with E-state index >= 15 is 0 Å². The topological polar surface area (TPSA) is 90.9 Å². The van der Waals surface area contributed by atoms with Gasteiger partial charge < -0.3 is 4.52 Å². The van der Waals surface area contributed by atoms with Crippen molar-refractivity contribution in [3.8, 4) is 5.69 Å². The van der Waals surface area contributed by atoms with Crippen LogP contribution in [0.3, 0.4) is 0 Å². The van der Waals surface area contributed by atoms with Crippen molar-refractivity contribution < 1.29 is 12.9 Å². The Hall–Kier alpha value is -2.48. The van der Waals surface area contributed by atoms with Gasteiger partial charge in [0.15, 0.2) is 5.82 Å². The van der Waals surface area contributed by atoms with Gasteiger partial charge in [-0.1, -0.05) is 31.1 Å². The highest BCUT2D eigenvalue weighted by atomic mass is 32.2. The first-order valence-electron chi connectivity index (χ1n) is 8.41. The number of aromatic nitrogens is 4. The van der Waals surface area contributed by atoms with Gasteiger partial charge in [-0.2, -0.15) is 4.98 Å². The summed E-state index contributed by atoms with van der Waals surface area (Å²) in [6.45, 7) is 7.95. The van der Waals surface area contributed by atoms with E-state index < -0.39 is 9.84 Å². The van der Waals surface area contributed by atoms with E-state index in [0.29, 0.717) is 18.2 Å². The molecule has 2 heterocycles. The molecule has 0 aliphatic carbocycles. The minimum Gasteiger partial charge on any atom is -0.339 e. The highest BCUT2D eigenvalue weighted by Gasteiger charge is 2.25. The van der Waals surface area contributed by atoms with Crippen LogP contribution in [0.15, 0.2) is 40.3 Å². The molecule has 1 aromatic carbocycles. The van der Waals surface area contributed by atoms with E-state index in [0.717, 1.165) is 16.8 Å². The molecule has 0 saturated heterocycles. The van der Waals surface area contributed by atoms with Gasteiger partial charge in [-0.15, -0.1) is 0 Å². The van der Waals surface area contributed by atoms with E-state index in [1.807, 2.05) is 45.9 Å². The summed E-state index contributed by atoms with van der Waals surface area (Å²) in [6, 6.07) is 5.88. The van der Waals surface area contributed by atoms with Gasteiger partial charge >= 0.3 is 0 Å². The fourth-order valence-electron chi connectivity index (χ4n) is 2.70. The van der Waals surface area contributed by atoms with Crippen LogP contribution in [0, 0.1) is 19.8 Å². The fraction of sp³-hybridized carbons (Fsp3) is 0.389. The van der Waals surface area contributed by atoms with E-state index in [4.69, 9.17) is 4.52 Å². The highest BCUT2D eigenvalue weighted by molar-refractivity contribution is 7.90. The van der Waals surface area contributed by atoms with Gasteiger partial charge in [-0.3, -0.25) is 4.57 Å². The summed E-state index contributed by atoms with van der Waals surface area (Å²) >= 11 is 0. The van der Waals surface area contributed by atoms with E-state index in [1.54, 1.807) is 10.8 Å². The maximum Gasteiger partial charge on any atom is 0.232 e. The summed E-state index contributed by atoms with van der Waals surface area (Å²) in [5.74, 6) is 0.596. The van der Waals surface area contributed by atoms with Crippen LogP contribution in [0.4, 0.5) is 0 Å². The predicted octanol–water partition coefficient (Wildman–Crippen LogP) is 3.04. The number of hydrogen-bond acceptors (Lipinski definition) is 6. The van der Waals surface area contributed by atoms with Gasteiger partial charge in [0.1, 0.15) is 5.75 Å². The number of aryl methyl sites for hydroxylation is 2. The number of sulfone groups is 1. The summed E-state index contributed by atoms with van der Waals surface area (Å²) in [6.07, 6.45) is 3.74. The zero-order chi connectivity index (χ0) is 18.9. The minimum atomic E-state index is -3.73. The van der Waals surface area contributed by atoms with Gasteiger partial charge in [0.05, 0.1) is 5.69 Å². The van der Waals surface area contributed by atoms with Crippen molar-refractivity contribution in [2.24, 2.45) is 5.92 Å². The molecule has 7 nitrogen and oxygen atoms in total. The molecule has 0 unspecified atom stereocenters. The van der Waals surface area contributed by atoms with Crippen LogP contribution < -0.4 is 0 Å². The second kappa shape index (κ2) is 7.03. The summed E-state index contributed by atoms with van der Waals surface area (Å²) in [4.78, 5) is 8.26. The quantitative estimate of drug-likeness (QED) is 0.659. The molecule has 3 rings (SSSR count). The van der Waals surface area contributed by atoms with E-state index in [1.165, 1.54) is 6.20 Å². The molecule has 0 aliphatic rings. The van der Waals surface area contributed by atoms with Crippen molar-refractivity contribution in [2.45, 2.75) is 45.0 Å². The van der Waals surface area contributed by atoms with Crippen molar-refractivity contribution in [3.63, 3.8) is 0 Å². The molecule has 0 fully saturated rings. The standard InChI is InChI=1S/C18H22N4O3S/c1-12(2)9-17-20-16(21-25-17)11-26(23,24)18-19-7-8-22(18)15-10-13(3)5-6-14(15)4/h5-8,10,12H,9,11H2,1-4H3. The third kappa shape index (κ3) is 3.85. The molecule has 0 bridgehead atoms. The Morgan fingerprint density at radius 3 is 2.73 bits per heavy atom. The zero-order valence-electron chi connectivity index (χ0n) is 15.3. The molecule has 138 valence electrons. The number of rotatable bonds is 6. The molecule has 2 aromatic heterocycles. The Balaban J connectivity index is 1.93. The maximum absolute atomic E-state index is 12.9. The summed E-state index contributed by atoms with van der Waals surface area (Å²) in [7, 11) is -3.73. The molecule has 0 saturated carbocycles. The van der Waals surface area contributed by atoms with E-state index in [-0.39, 0.29) is 16.7 Å². The summed E-state index contributed by atoms with van der Waals surface area (Å²) in [5.41, 5.74) is 2.79. The van der Waals surface area contributed by atoms with Crippen LogP contribution in [0.1, 0.15) is 36.7 Å². The molecule has 0 spiro atoms.